The molecule has 0 saturated carbocycles. The van der Waals surface area contributed by atoms with E-state index in [0.717, 1.165) is 37.2 Å². The molecule has 0 radical (unpaired) electrons. The molecule has 2 saturated heterocycles. The zero-order chi connectivity index (χ0) is 21.1. The highest BCUT2D eigenvalue weighted by Crippen LogP contribution is 2.36. The van der Waals surface area contributed by atoms with E-state index in [1.807, 2.05) is 36.4 Å². The van der Waals surface area contributed by atoms with Crippen LogP contribution in [0.25, 0.3) is 11.3 Å². The SMILES string of the molecule is CC(=O)N1CCC(Cc2cc(-c3ccccc3)no2)(C(=O)NC2CCN(C)CC2)C1. The Hall–Kier alpha value is -2.67. The summed E-state index contributed by atoms with van der Waals surface area (Å²) in [6.45, 7) is 4.55. The zero-order valence-electron chi connectivity index (χ0n) is 17.8. The van der Waals surface area contributed by atoms with Gasteiger partial charge in [0.05, 0.1) is 5.41 Å². The average Bonchev–Trinajstić information content (AvgIpc) is 3.39. The van der Waals surface area contributed by atoms with Crippen molar-refractivity contribution < 1.29 is 14.1 Å². The van der Waals surface area contributed by atoms with Crippen molar-refractivity contribution in [3.63, 3.8) is 0 Å². The van der Waals surface area contributed by atoms with E-state index in [1.54, 1.807) is 11.8 Å². The molecule has 2 aromatic rings. The minimum absolute atomic E-state index is 0.00603. The zero-order valence-corrected chi connectivity index (χ0v) is 17.8. The van der Waals surface area contributed by atoms with Crippen molar-refractivity contribution in [2.24, 2.45) is 5.41 Å². The topological polar surface area (TPSA) is 78.7 Å². The van der Waals surface area contributed by atoms with E-state index in [4.69, 9.17) is 4.52 Å². The summed E-state index contributed by atoms with van der Waals surface area (Å²) in [5.41, 5.74) is 1.06. The summed E-state index contributed by atoms with van der Waals surface area (Å²) in [7, 11) is 2.11. The standard InChI is InChI=1S/C23H30N4O3/c1-17(28)27-13-10-23(16-27,22(29)24-19-8-11-26(2)12-9-19)15-20-14-21(25-30-20)18-6-4-3-5-7-18/h3-7,14,19H,8-13,15-16H2,1-2H3,(H,24,29). The molecule has 4 rings (SSSR count). The fourth-order valence-corrected chi connectivity index (χ4v) is 4.52. The monoisotopic (exact) mass is 410 g/mol. The van der Waals surface area contributed by atoms with Crippen molar-refractivity contribution in [2.75, 3.05) is 33.2 Å². The van der Waals surface area contributed by atoms with Crippen LogP contribution in [0.15, 0.2) is 40.9 Å². The first kappa shape index (κ1) is 20.6. The molecule has 2 aliphatic rings. The minimum Gasteiger partial charge on any atom is -0.361 e. The van der Waals surface area contributed by atoms with Gasteiger partial charge in [-0.3, -0.25) is 9.59 Å². The van der Waals surface area contributed by atoms with E-state index in [0.29, 0.717) is 31.7 Å². The summed E-state index contributed by atoms with van der Waals surface area (Å²) in [6, 6.07) is 11.9. The van der Waals surface area contributed by atoms with Crippen LogP contribution in [0.2, 0.25) is 0 Å². The number of piperidine rings is 1. The number of aromatic nitrogens is 1. The third-order valence-corrected chi connectivity index (χ3v) is 6.48. The number of hydrogen-bond acceptors (Lipinski definition) is 5. The van der Waals surface area contributed by atoms with E-state index in [2.05, 4.69) is 22.4 Å². The maximum Gasteiger partial charge on any atom is 0.228 e. The first-order valence-electron chi connectivity index (χ1n) is 10.7. The number of amides is 2. The molecule has 160 valence electrons. The summed E-state index contributed by atoms with van der Waals surface area (Å²) >= 11 is 0. The van der Waals surface area contributed by atoms with E-state index in [1.165, 1.54) is 0 Å². The van der Waals surface area contributed by atoms with Gasteiger partial charge in [0, 0.05) is 44.1 Å². The lowest BCUT2D eigenvalue weighted by Crippen LogP contribution is -2.51. The van der Waals surface area contributed by atoms with Crippen molar-refractivity contribution in [3.8, 4) is 11.3 Å². The lowest BCUT2D eigenvalue weighted by Gasteiger charge is -2.33. The maximum absolute atomic E-state index is 13.4. The molecule has 7 heteroatoms. The van der Waals surface area contributed by atoms with Crippen molar-refractivity contribution in [1.82, 2.24) is 20.3 Å². The summed E-state index contributed by atoms with van der Waals surface area (Å²) in [4.78, 5) is 29.5. The highest BCUT2D eigenvalue weighted by atomic mass is 16.5. The van der Waals surface area contributed by atoms with Crippen LogP contribution in [0, 0.1) is 5.41 Å². The summed E-state index contributed by atoms with van der Waals surface area (Å²) in [6.07, 6.45) is 2.98. The first-order valence-corrected chi connectivity index (χ1v) is 10.7. The molecule has 0 aliphatic carbocycles. The molecule has 1 N–H and O–H groups in total. The second-order valence-corrected chi connectivity index (χ2v) is 8.74. The van der Waals surface area contributed by atoms with Crippen LogP contribution >= 0.6 is 0 Å². The molecular formula is C23H30N4O3. The molecule has 1 aromatic heterocycles. The second kappa shape index (κ2) is 8.60. The van der Waals surface area contributed by atoms with Gasteiger partial charge in [-0.25, -0.2) is 0 Å². The van der Waals surface area contributed by atoms with Crippen LogP contribution < -0.4 is 5.32 Å². The van der Waals surface area contributed by atoms with Crippen LogP contribution in [0.4, 0.5) is 0 Å². The molecule has 0 spiro atoms. The molecule has 3 heterocycles. The first-order chi connectivity index (χ1) is 14.4. The van der Waals surface area contributed by atoms with Crippen LogP contribution in [0.5, 0.6) is 0 Å². The van der Waals surface area contributed by atoms with Gasteiger partial charge >= 0.3 is 0 Å². The van der Waals surface area contributed by atoms with Gasteiger partial charge in [-0.15, -0.1) is 0 Å². The number of carbonyl (C=O) groups excluding carboxylic acids is 2. The number of nitrogens with zero attached hydrogens (tertiary/aromatic N) is 3. The summed E-state index contributed by atoms with van der Waals surface area (Å²) < 4.78 is 5.62. The lowest BCUT2D eigenvalue weighted by atomic mass is 9.81. The quantitative estimate of drug-likeness (QED) is 0.819. The van der Waals surface area contributed by atoms with E-state index >= 15 is 0 Å². The highest BCUT2D eigenvalue weighted by molar-refractivity contribution is 5.85. The van der Waals surface area contributed by atoms with Crippen molar-refractivity contribution >= 4 is 11.8 Å². The Kier molecular flexibility index (Phi) is 5.90. The third-order valence-electron chi connectivity index (χ3n) is 6.48. The number of carbonyl (C=O) groups is 2. The Morgan fingerprint density at radius 1 is 1.20 bits per heavy atom. The third kappa shape index (κ3) is 4.41. The predicted octanol–water partition coefficient (Wildman–Crippen LogP) is 2.33. The van der Waals surface area contributed by atoms with Crippen molar-refractivity contribution in [3.05, 3.63) is 42.2 Å². The van der Waals surface area contributed by atoms with Crippen molar-refractivity contribution in [2.45, 2.75) is 38.6 Å². The molecule has 1 atom stereocenters. The van der Waals surface area contributed by atoms with Gasteiger partial charge in [0.1, 0.15) is 11.5 Å². The number of hydrogen-bond donors (Lipinski definition) is 1. The summed E-state index contributed by atoms with van der Waals surface area (Å²) in [5, 5.41) is 7.48. The summed E-state index contributed by atoms with van der Waals surface area (Å²) in [5.74, 6) is 0.711. The molecule has 2 fully saturated rings. The minimum atomic E-state index is -0.678. The number of nitrogens with one attached hydrogen (secondary N) is 1. The predicted molar refractivity (Wildman–Crippen MR) is 114 cm³/mol. The normalized spacial score (nSPS) is 22.9. The molecule has 2 aliphatic heterocycles. The Balaban J connectivity index is 1.52. The van der Waals surface area contributed by atoms with Crippen molar-refractivity contribution in [1.29, 1.82) is 0 Å². The molecule has 2 amide bonds. The molecule has 0 bridgehead atoms. The van der Waals surface area contributed by atoms with Gasteiger partial charge < -0.3 is 19.6 Å². The van der Waals surface area contributed by atoms with E-state index < -0.39 is 5.41 Å². The molecule has 1 unspecified atom stereocenters. The van der Waals surface area contributed by atoms with Gasteiger partial charge in [-0.05, 0) is 39.4 Å². The number of rotatable bonds is 5. The maximum atomic E-state index is 13.4. The Labute approximate surface area is 177 Å². The molecule has 7 nitrogen and oxygen atoms in total. The fourth-order valence-electron chi connectivity index (χ4n) is 4.52. The van der Waals surface area contributed by atoms with E-state index in [-0.39, 0.29) is 17.9 Å². The van der Waals surface area contributed by atoms with Gasteiger partial charge in [0.2, 0.25) is 11.8 Å². The van der Waals surface area contributed by atoms with Gasteiger partial charge in [0.15, 0.2) is 0 Å². The van der Waals surface area contributed by atoms with Crippen LogP contribution in [0.1, 0.15) is 31.9 Å². The average molecular weight is 411 g/mol. The molecule has 1 aromatic carbocycles. The number of likely N-dealkylation sites (tertiary alicyclic amines) is 2. The van der Waals surface area contributed by atoms with Crippen LogP contribution in [-0.2, 0) is 16.0 Å². The van der Waals surface area contributed by atoms with Gasteiger partial charge in [0.25, 0.3) is 0 Å². The van der Waals surface area contributed by atoms with E-state index in [9.17, 15) is 9.59 Å². The largest absolute Gasteiger partial charge is 0.361 e. The Morgan fingerprint density at radius 2 is 1.93 bits per heavy atom. The lowest BCUT2D eigenvalue weighted by molar-refractivity contribution is -0.133. The number of benzene rings is 1. The highest BCUT2D eigenvalue weighted by Gasteiger charge is 2.47. The smallest absolute Gasteiger partial charge is 0.228 e. The van der Waals surface area contributed by atoms with Gasteiger partial charge in [-0.2, -0.15) is 0 Å². The Morgan fingerprint density at radius 3 is 2.60 bits per heavy atom. The van der Waals surface area contributed by atoms with Gasteiger partial charge in [-0.1, -0.05) is 35.5 Å². The fraction of sp³-hybridized carbons (Fsp3) is 0.522. The van der Waals surface area contributed by atoms with Crippen LogP contribution in [-0.4, -0.2) is 66.0 Å². The van der Waals surface area contributed by atoms with Crippen LogP contribution in [0.3, 0.4) is 0 Å². The molecular weight excluding hydrogens is 380 g/mol. The Bertz CT molecular complexity index is 889. The molecule has 30 heavy (non-hydrogen) atoms. The second-order valence-electron chi connectivity index (χ2n) is 8.74.